The van der Waals surface area contributed by atoms with Crippen LogP contribution in [0.25, 0.3) is 0 Å². The van der Waals surface area contributed by atoms with E-state index in [0.29, 0.717) is 0 Å². The van der Waals surface area contributed by atoms with Crippen LogP contribution in [0.1, 0.15) is 42.9 Å². The van der Waals surface area contributed by atoms with E-state index in [1.54, 1.807) is 0 Å². The molecule has 1 aromatic carbocycles. The summed E-state index contributed by atoms with van der Waals surface area (Å²) in [7, 11) is 0. The van der Waals surface area contributed by atoms with Crippen LogP contribution in [0.4, 0.5) is 0 Å². The third-order valence-corrected chi connectivity index (χ3v) is 4.27. The van der Waals surface area contributed by atoms with Gasteiger partial charge in [0, 0.05) is 13.1 Å². The molecule has 2 heteroatoms. The summed E-state index contributed by atoms with van der Waals surface area (Å²) < 4.78 is 0. The van der Waals surface area contributed by atoms with Crippen LogP contribution < -0.4 is 0 Å². The number of rotatable bonds is 3. The first-order valence-corrected chi connectivity index (χ1v) is 7.07. The molecule has 1 N–H and O–H groups in total. The Balaban J connectivity index is 2.10. The molecule has 18 heavy (non-hydrogen) atoms. The van der Waals surface area contributed by atoms with Crippen LogP contribution in [-0.4, -0.2) is 29.6 Å². The van der Waals surface area contributed by atoms with Crippen LogP contribution in [-0.2, 0) is 5.60 Å². The number of hydrogen-bond donors (Lipinski definition) is 1. The predicted molar refractivity (Wildman–Crippen MR) is 75.8 cm³/mol. The van der Waals surface area contributed by atoms with E-state index in [2.05, 4.69) is 43.9 Å². The van der Waals surface area contributed by atoms with Gasteiger partial charge in [0.1, 0.15) is 0 Å². The normalized spacial score (nSPS) is 20.0. The van der Waals surface area contributed by atoms with Crippen LogP contribution in [0.15, 0.2) is 18.2 Å². The molecule has 2 rings (SSSR count). The molecule has 0 unspecified atom stereocenters. The van der Waals surface area contributed by atoms with E-state index < -0.39 is 5.60 Å². The van der Waals surface area contributed by atoms with Gasteiger partial charge in [0.2, 0.25) is 0 Å². The largest absolute Gasteiger partial charge is 0.385 e. The van der Waals surface area contributed by atoms with Crippen molar-refractivity contribution in [2.24, 2.45) is 0 Å². The summed E-state index contributed by atoms with van der Waals surface area (Å²) in [5.74, 6) is 0. The topological polar surface area (TPSA) is 23.5 Å². The van der Waals surface area contributed by atoms with Crippen molar-refractivity contribution >= 4 is 0 Å². The Morgan fingerprint density at radius 1 is 1.17 bits per heavy atom. The van der Waals surface area contributed by atoms with E-state index in [-0.39, 0.29) is 0 Å². The minimum absolute atomic E-state index is 0.608. The molecule has 1 aliphatic heterocycles. The van der Waals surface area contributed by atoms with Crippen molar-refractivity contribution in [2.75, 3.05) is 19.6 Å². The Morgan fingerprint density at radius 2 is 1.83 bits per heavy atom. The van der Waals surface area contributed by atoms with Gasteiger partial charge in [-0.2, -0.15) is 0 Å². The Kier molecular flexibility index (Phi) is 4.08. The third-order valence-electron chi connectivity index (χ3n) is 4.27. The Labute approximate surface area is 111 Å². The predicted octanol–water partition coefficient (Wildman–Crippen LogP) is 3.00. The molecule has 2 nitrogen and oxygen atoms in total. The lowest BCUT2D eigenvalue weighted by Crippen LogP contribution is -2.42. The van der Waals surface area contributed by atoms with E-state index >= 15 is 0 Å². The summed E-state index contributed by atoms with van der Waals surface area (Å²) in [6.07, 6.45) is 2.91. The molecule has 1 heterocycles. The van der Waals surface area contributed by atoms with Gasteiger partial charge in [-0.05, 0) is 56.3 Å². The molecule has 0 aliphatic carbocycles. The first-order valence-electron chi connectivity index (χ1n) is 7.07. The lowest BCUT2D eigenvalue weighted by Gasteiger charge is -2.38. The van der Waals surface area contributed by atoms with Gasteiger partial charge in [-0.3, -0.25) is 0 Å². The maximum atomic E-state index is 10.8. The van der Waals surface area contributed by atoms with Crippen LogP contribution >= 0.6 is 0 Å². The fourth-order valence-electron chi connectivity index (χ4n) is 2.78. The van der Waals surface area contributed by atoms with Gasteiger partial charge in [0.15, 0.2) is 0 Å². The summed E-state index contributed by atoms with van der Waals surface area (Å²) in [6, 6.07) is 6.38. The summed E-state index contributed by atoms with van der Waals surface area (Å²) in [5, 5.41) is 10.8. The number of benzene rings is 1. The average Bonchev–Trinajstić information content (AvgIpc) is 2.36. The Bertz CT molecular complexity index is 406. The molecule has 0 spiro atoms. The second kappa shape index (κ2) is 5.41. The highest BCUT2D eigenvalue weighted by molar-refractivity contribution is 5.33. The molecule has 100 valence electrons. The zero-order chi connectivity index (χ0) is 13.2. The van der Waals surface area contributed by atoms with Crippen molar-refractivity contribution in [3.8, 4) is 0 Å². The molecule has 0 aromatic heterocycles. The lowest BCUT2D eigenvalue weighted by molar-refractivity contribution is -0.0258. The monoisotopic (exact) mass is 247 g/mol. The van der Waals surface area contributed by atoms with Crippen molar-refractivity contribution in [1.82, 2.24) is 4.90 Å². The van der Waals surface area contributed by atoms with E-state index in [9.17, 15) is 5.11 Å². The highest BCUT2D eigenvalue weighted by atomic mass is 16.3. The van der Waals surface area contributed by atoms with Gasteiger partial charge < -0.3 is 10.0 Å². The summed E-state index contributed by atoms with van der Waals surface area (Å²) in [4.78, 5) is 2.45. The van der Waals surface area contributed by atoms with Gasteiger partial charge in [-0.15, -0.1) is 0 Å². The number of aliphatic hydroxyl groups is 1. The van der Waals surface area contributed by atoms with Crippen LogP contribution in [0.5, 0.6) is 0 Å². The van der Waals surface area contributed by atoms with Crippen molar-refractivity contribution in [1.29, 1.82) is 0 Å². The molecule has 1 fully saturated rings. The molecule has 0 saturated carbocycles. The fourth-order valence-corrected chi connectivity index (χ4v) is 2.78. The minimum atomic E-state index is -0.608. The number of likely N-dealkylation sites (tertiary alicyclic amines) is 1. The summed E-state index contributed by atoms with van der Waals surface area (Å²) in [6.45, 7) is 9.63. The molecule has 1 aromatic rings. The minimum Gasteiger partial charge on any atom is -0.385 e. The zero-order valence-electron chi connectivity index (χ0n) is 11.9. The number of hydrogen-bond acceptors (Lipinski definition) is 2. The quantitative estimate of drug-likeness (QED) is 0.887. The van der Waals surface area contributed by atoms with Gasteiger partial charge in [-0.1, -0.05) is 25.1 Å². The molecule has 0 radical (unpaired) electrons. The van der Waals surface area contributed by atoms with Crippen LogP contribution in [0.3, 0.4) is 0 Å². The third kappa shape index (κ3) is 2.76. The fraction of sp³-hybridized carbons (Fsp3) is 0.625. The smallest absolute Gasteiger partial charge is 0.0921 e. The molecule has 1 saturated heterocycles. The number of piperidine rings is 1. The van der Waals surface area contributed by atoms with E-state index in [1.165, 1.54) is 17.5 Å². The molecule has 0 bridgehead atoms. The van der Waals surface area contributed by atoms with E-state index in [0.717, 1.165) is 38.0 Å². The molecule has 0 amide bonds. The average molecular weight is 247 g/mol. The standard InChI is InChI=1S/C16H25NO/c1-4-9-17-10-7-16(18,8-11-17)15-6-5-13(2)14(3)12-15/h5-6,12,18H,4,7-11H2,1-3H3. The second-order valence-corrected chi connectivity index (χ2v) is 5.67. The van der Waals surface area contributed by atoms with Gasteiger partial charge >= 0.3 is 0 Å². The van der Waals surface area contributed by atoms with E-state index in [4.69, 9.17) is 0 Å². The Hall–Kier alpha value is -0.860. The van der Waals surface area contributed by atoms with Gasteiger partial charge in [0.25, 0.3) is 0 Å². The molecule has 0 atom stereocenters. The number of aryl methyl sites for hydroxylation is 2. The van der Waals surface area contributed by atoms with E-state index in [1.807, 2.05) is 0 Å². The first-order chi connectivity index (χ1) is 8.55. The summed E-state index contributed by atoms with van der Waals surface area (Å²) in [5.41, 5.74) is 3.06. The van der Waals surface area contributed by atoms with Gasteiger partial charge in [0.05, 0.1) is 5.60 Å². The highest BCUT2D eigenvalue weighted by Gasteiger charge is 2.33. The SMILES string of the molecule is CCCN1CCC(O)(c2ccc(C)c(C)c2)CC1. The second-order valence-electron chi connectivity index (χ2n) is 5.67. The van der Waals surface area contributed by atoms with Gasteiger partial charge in [-0.25, -0.2) is 0 Å². The number of nitrogens with zero attached hydrogens (tertiary/aromatic N) is 1. The maximum absolute atomic E-state index is 10.8. The molecular weight excluding hydrogens is 222 g/mol. The zero-order valence-corrected chi connectivity index (χ0v) is 11.9. The van der Waals surface area contributed by atoms with Crippen molar-refractivity contribution in [3.05, 3.63) is 34.9 Å². The molecule has 1 aliphatic rings. The van der Waals surface area contributed by atoms with Crippen LogP contribution in [0, 0.1) is 13.8 Å². The molecular formula is C16H25NO. The maximum Gasteiger partial charge on any atom is 0.0921 e. The van der Waals surface area contributed by atoms with Crippen molar-refractivity contribution in [2.45, 2.75) is 45.6 Å². The highest BCUT2D eigenvalue weighted by Crippen LogP contribution is 2.33. The Morgan fingerprint density at radius 3 is 2.39 bits per heavy atom. The van der Waals surface area contributed by atoms with Crippen LogP contribution in [0.2, 0.25) is 0 Å². The lowest BCUT2D eigenvalue weighted by atomic mass is 9.83. The van der Waals surface area contributed by atoms with Crippen molar-refractivity contribution in [3.63, 3.8) is 0 Å². The first kappa shape index (κ1) is 13.6. The van der Waals surface area contributed by atoms with Crippen molar-refractivity contribution < 1.29 is 5.11 Å². The summed E-state index contributed by atoms with van der Waals surface area (Å²) >= 11 is 0.